The lowest BCUT2D eigenvalue weighted by atomic mass is 10.0. The van der Waals surface area contributed by atoms with Crippen LogP contribution in [0.25, 0.3) is 0 Å². The number of carbonyl (C=O) groups is 2. The van der Waals surface area contributed by atoms with Crippen molar-refractivity contribution in [2.45, 2.75) is 27.2 Å². The Hall–Kier alpha value is -1.03. The Kier molecular flexibility index (Phi) is 7.64. The second-order valence-electron chi connectivity index (χ2n) is 3.22. The molecule has 0 spiro atoms. The van der Waals surface area contributed by atoms with Crippen LogP contribution in [0.4, 0.5) is 0 Å². The molecule has 92 valence electrons. The van der Waals surface area contributed by atoms with Crippen LogP contribution in [0.1, 0.15) is 27.2 Å². The molecule has 0 heterocycles. The number of ether oxygens (including phenoxy) is 2. The van der Waals surface area contributed by atoms with Crippen molar-refractivity contribution in [2.24, 2.45) is 5.92 Å². The quantitative estimate of drug-likeness (QED) is 0.534. The highest BCUT2D eigenvalue weighted by atomic mass is 35.5. The molecule has 0 aromatic rings. The minimum absolute atomic E-state index is 0.223. The second kappa shape index (κ2) is 8.16. The minimum Gasteiger partial charge on any atom is -0.465 e. The van der Waals surface area contributed by atoms with Crippen LogP contribution >= 0.6 is 11.6 Å². The number of hydrogen-bond acceptors (Lipinski definition) is 4. The first kappa shape index (κ1) is 15.0. The molecule has 0 rings (SSSR count). The van der Waals surface area contributed by atoms with Crippen LogP contribution in [0.5, 0.6) is 0 Å². The highest BCUT2D eigenvalue weighted by Gasteiger charge is 2.29. The maximum absolute atomic E-state index is 11.5. The van der Waals surface area contributed by atoms with E-state index in [1.807, 2.05) is 0 Å². The molecule has 0 saturated carbocycles. The largest absolute Gasteiger partial charge is 0.465 e. The number of allylic oxidation sites excluding steroid dienone is 1. The fraction of sp³-hybridized carbons (Fsp3) is 0.636. The Morgan fingerprint density at radius 1 is 1.19 bits per heavy atom. The summed E-state index contributed by atoms with van der Waals surface area (Å²) in [5, 5.41) is 0. The van der Waals surface area contributed by atoms with Crippen LogP contribution in [-0.2, 0) is 19.1 Å². The molecule has 0 unspecified atom stereocenters. The van der Waals surface area contributed by atoms with Gasteiger partial charge in [-0.15, -0.1) is 0 Å². The van der Waals surface area contributed by atoms with Gasteiger partial charge in [-0.05, 0) is 27.2 Å². The summed E-state index contributed by atoms with van der Waals surface area (Å²) < 4.78 is 9.61. The van der Waals surface area contributed by atoms with Crippen molar-refractivity contribution < 1.29 is 19.1 Å². The maximum atomic E-state index is 11.5. The monoisotopic (exact) mass is 248 g/mol. The fourth-order valence-corrected chi connectivity index (χ4v) is 1.20. The molecule has 0 N–H and O–H groups in total. The summed E-state index contributed by atoms with van der Waals surface area (Å²) in [6.45, 7) is 5.57. The topological polar surface area (TPSA) is 52.6 Å². The first-order valence-electron chi connectivity index (χ1n) is 5.15. The third-order valence-corrected chi connectivity index (χ3v) is 2.23. The molecule has 0 bridgehead atoms. The second-order valence-corrected chi connectivity index (χ2v) is 3.43. The van der Waals surface area contributed by atoms with E-state index in [4.69, 9.17) is 21.1 Å². The third-order valence-electron chi connectivity index (χ3n) is 1.85. The zero-order valence-corrected chi connectivity index (χ0v) is 10.5. The van der Waals surface area contributed by atoms with Gasteiger partial charge in [0.15, 0.2) is 5.92 Å². The zero-order chi connectivity index (χ0) is 12.6. The zero-order valence-electron chi connectivity index (χ0n) is 9.79. The maximum Gasteiger partial charge on any atom is 0.320 e. The van der Waals surface area contributed by atoms with E-state index in [0.717, 1.165) is 5.57 Å². The number of esters is 2. The molecule has 16 heavy (non-hydrogen) atoms. The van der Waals surface area contributed by atoms with Crippen molar-refractivity contribution in [1.82, 2.24) is 0 Å². The van der Waals surface area contributed by atoms with Gasteiger partial charge in [-0.1, -0.05) is 17.2 Å². The van der Waals surface area contributed by atoms with Gasteiger partial charge in [0.05, 0.1) is 13.2 Å². The summed E-state index contributed by atoms with van der Waals surface area (Å²) in [6.07, 6.45) is 0.223. The average Bonchev–Trinajstić information content (AvgIpc) is 2.25. The lowest BCUT2D eigenvalue weighted by molar-refractivity contribution is -0.161. The molecule has 5 heteroatoms. The van der Waals surface area contributed by atoms with Crippen molar-refractivity contribution in [2.75, 3.05) is 13.2 Å². The van der Waals surface area contributed by atoms with Gasteiger partial charge in [-0.3, -0.25) is 9.59 Å². The van der Waals surface area contributed by atoms with Gasteiger partial charge in [-0.25, -0.2) is 0 Å². The van der Waals surface area contributed by atoms with Crippen molar-refractivity contribution >= 4 is 23.5 Å². The van der Waals surface area contributed by atoms with Crippen LogP contribution in [0.15, 0.2) is 11.1 Å². The minimum atomic E-state index is -0.921. The number of halogens is 1. The van der Waals surface area contributed by atoms with Crippen molar-refractivity contribution in [3.05, 3.63) is 11.1 Å². The number of rotatable bonds is 6. The summed E-state index contributed by atoms with van der Waals surface area (Å²) in [5.41, 5.74) is 2.07. The van der Waals surface area contributed by atoms with Gasteiger partial charge < -0.3 is 9.47 Å². The van der Waals surface area contributed by atoms with Crippen molar-refractivity contribution in [3.8, 4) is 0 Å². The summed E-state index contributed by atoms with van der Waals surface area (Å²) in [6, 6.07) is 0. The highest BCUT2D eigenvalue weighted by molar-refractivity contribution is 6.25. The molecule has 0 saturated heterocycles. The molecule has 0 aromatic carbocycles. The SMILES string of the molecule is CCOC(=O)C(CC(C)=CCl)C(=O)OCC. The van der Waals surface area contributed by atoms with E-state index in [1.165, 1.54) is 5.54 Å². The predicted molar refractivity (Wildman–Crippen MR) is 61.0 cm³/mol. The predicted octanol–water partition coefficient (Wildman–Crippen LogP) is 2.26. The van der Waals surface area contributed by atoms with Crippen LogP contribution in [0.3, 0.4) is 0 Å². The van der Waals surface area contributed by atoms with Crippen LogP contribution in [0.2, 0.25) is 0 Å². The molecule has 0 aromatic heterocycles. The first-order chi connectivity index (χ1) is 7.56. The average molecular weight is 249 g/mol. The smallest absolute Gasteiger partial charge is 0.320 e. The van der Waals surface area contributed by atoms with Gasteiger partial charge in [0, 0.05) is 5.54 Å². The molecular weight excluding hydrogens is 232 g/mol. The van der Waals surface area contributed by atoms with E-state index >= 15 is 0 Å². The Morgan fingerprint density at radius 2 is 1.62 bits per heavy atom. The van der Waals surface area contributed by atoms with E-state index in [1.54, 1.807) is 20.8 Å². The van der Waals surface area contributed by atoms with E-state index in [-0.39, 0.29) is 19.6 Å². The summed E-state index contributed by atoms with van der Waals surface area (Å²) in [4.78, 5) is 23.0. The molecule has 0 amide bonds. The van der Waals surface area contributed by atoms with E-state index < -0.39 is 17.9 Å². The standard InChI is InChI=1S/C11H17ClO4/c1-4-15-10(13)9(6-8(3)7-12)11(14)16-5-2/h7,9H,4-6H2,1-3H3. The Labute approximate surface area is 101 Å². The van der Waals surface area contributed by atoms with Gasteiger partial charge >= 0.3 is 11.9 Å². The summed E-state index contributed by atoms with van der Waals surface area (Å²) in [5.74, 6) is -2.06. The van der Waals surface area contributed by atoms with E-state index in [9.17, 15) is 9.59 Å². The molecule has 0 radical (unpaired) electrons. The molecule has 4 nitrogen and oxygen atoms in total. The Bertz CT molecular complexity index is 255. The molecule has 0 aliphatic carbocycles. The lowest BCUT2D eigenvalue weighted by Crippen LogP contribution is -2.28. The fourth-order valence-electron chi connectivity index (χ4n) is 1.12. The van der Waals surface area contributed by atoms with Gasteiger partial charge in [0.25, 0.3) is 0 Å². The lowest BCUT2D eigenvalue weighted by Gasteiger charge is -2.14. The van der Waals surface area contributed by atoms with Gasteiger partial charge in [-0.2, -0.15) is 0 Å². The first-order valence-corrected chi connectivity index (χ1v) is 5.59. The molecular formula is C11H17ClO4. The van der Waals surface area contributed by atoms with Gasteiger partial charge in [0.2, 0.25) is 0 Å². The molecule has 0 aliphatic heterocycles. The third kappa shape index (κ3) is 5.16. The van der Waals surface area contributed by atoms with Crippen molar-refractivity contribution in [1.29, 1.82) is 0 Å². The summed E-state index contributed by atoms with van der Waals surface area (Å²) >= 11 is 5.49. The van der Waals surface area contributed by atoms with Gasteiger partial charge in [0.1, 0.15) is 0 Å². The molecule has 0 atom stereocenters. The summed E-state index contributed by atoms with van der Waals surface area (Å²) in [7, 11) is 0. The Morgan fingerprint density at radius 3 is 1.94 bits per heavy atom. The van der Waals surface area contributed by atoms with Crippen LogP contribution in [0, 0.1) is 5.92 Å². The van der Waals surface area contributed by atoms with Crippen LogP contribution in [-0.4, -0.2) is 25.2 Å². The van der Waals surface area contributed by atoms with Crippen molar-refractivity contribution in [3.63, 3.8) is 0 Å². The number of hydrogen-bond donors (Lipinski definition) is 0. The normalized spacial score (nSPS) is 11.4. The highest BCUT2D eigenvalue weighted by Crippen LogP contribution is 2.16. The van der Waals surface area contributed by atoms with Crippen LogP contribution < -0.4 is 0 Å². The van der Waals surface area contributed by atoms with E-state index in [2.05, 4.69) is 0 Å². The molecule has 0 fully saturated rings. The number of carbonyl (C=O) groups excluding carboxylic acids is 2. The Balaban J connectivity index is 4.62. The molecule has 0 aliphatic rings. The van der Waals surface area contributed by atoms with E-state index in [0.29, 0.717) is 0 Å².